The molecule has 6 nitrogen and oxygen atoms in total. The Morgan fingerprint density at radius 1 is 1.06 bits per heavy atom. The second-order valence-corrected chi connectivity index (χ2v) is 9.88. The van der Waals surface area contributed by atoms with Gasteiger partial charge in [-0.15, -0.1) is 0 Å². The minimum absolute atomic E-state index is 0.0735. The molecule has 2 heterocycles. The van der Waals surface area contributed by atoms with Crippen LogP contribution in [0.4, 0.5) is 0 Å². The van der Waals surface area contributed by atoms with Gasteiger partial charge in [0.15, 0.2) is 16.6 Å². The highest BCUT2D eigenvalue weighted by Crippen LogP contribution is 2.33. The fourth-order valence-electron chi connectivity index (χ4n) is 5.03. The lowest BCUT2D eigenvalue weighted by molar-refractivity contribution is 0.174. The average molecular weight is 478 g/mol. The molecular formula is C27H31N3O3S. The van der Waals surface area contributed by atoms with Crippen LogP contribution in [0.2, 0.25) is 0 Å². The monoisotopic (exact) mass is 477 g/mol. The fourth-order valence-corrected chi connectivity index (χ4v) is 5.32. The predicted octanol–water partition coefficient (Wildman–Crippen LogP) is 5.08. The van der Waals surface area contributed by atoms with E-state index in [1.54, 1.807) is 0 Å². The first-order valence-electron chi connectivity index (χ1n) is 12.0. The van der Waals surface area contributed by atoms with Gasteiger partial charge in [0.25, 0.3) is 5.56 Å². The number of ether oxygens (including phenoxy) is 2. The molecule has 34 heavy (non-hydrogen) atoms. The summed E-state index contributed by atoms with van der Waals surface area (Å²) in [5, 5.41) is 5.30. The van der Waals surface area contributed by atoms with Crippen molar-refractivity contribution in [2.75, 3.05) is 6.79 Å². The lowest BCUT2D eigenvalue weighted by atomic mass is 9.96. The van der Waals surface area contributed by atoms with E-state index < -0.39 is 0 Å². The van der Waals surface area contributed by atoms with Gasteiger partial charge < -0.3 is 24.7 Å². The number of rotatable bonds is 5. The Balaban J connectivity index is 1.44. The van der Waals surface area contributed by atoms with Crippen LogP contribution in [0, 0.1) is 13.8 Å². The van der Waals surface area contributed by atoms with Gasteiger partial charge in [-0.3, -0.25) is 4.79 Å². The Hall–Kier alpha value is -3.06. The third-order valence-electron chi connectivity index (χ3n) is 6.76. The van der Waals surface area contributed by atoms with E-state index in [1.807, 2.05) is 31.2 Å². The van der Waals surface area contributed by atoms with Crippen molar-refractivity contribution >= 4 is 28.2 Å². The number of thiocarbonyl (C=S) groups is 1. The molecule has 2 aromatic carbocycles. The maximum absolute atomic E-state index is 13.0. The maximum atomic E-state index is 13.0. The number of pyridine rings is 1. The van der Waals surface area contributed by atoms with Crippen LogP contribution in [0.25, 0.3) is 10.9 Å². The first-order chi connectivity index (χ1) is 16.5. The number of aromatic nitrogens is 1. The number of hydrogen-bond donors (Lipinski definition) is 2. The van der Waals surface area contributed by atoms with E-state index in [1.165, 1.54) is 24.8 Å². The van der Waals surface area contributed by atoms with Crippen molar-refractivity contribution in [1.82, 2.24) is 15.2 Å². The van der Waals surface area contributed by atoms with Crippen LogP contribution in [0.1, 0.15) is 54.4 Å². The summed E-state index contributed by atoms with van der Waals surface area (Å²) in [7, 11) is 0. The standard InChI is InChI=1S/C27H31N3O3S/c1-17-10-18(2)25-20(11-17)13-21(26(31)29-25)15-30(27(34)28-22-6-4-3-5-7-22)14-19-8-9-23-24(12-19)33-16-32-23/h8-13,22H,3-7,14-16H2,1-2H3,(H,28,34)(H,29,31). The van der Waals surface area contributed by atoms with E-state index in [0.717, 1.165) is 46.4 Å². The molecule has 178 valence electrons. The zero-order valence-corrected chi connectivity index (χ0v) is 20.6. The summed E-state index contributed by atoms with van der Waals surface area (Å²) in [6, 6.07) is 12.6. The quantitative estimate of drug-likeness (QED) is 0.500. The Kier molecular flexibility index (Phi) is 6.46. The molecule has 1 aliphatic carbocycles. The Bertz CT molecular complexity index is 1280. The number of nitrogens with one attached hydrogen (secondary N) is 2. The molecule has 0 bridgehead atoms. The van der Waals surface area contributed by atoms with Crippen LogP contribution in [0.15, 0.2) is 41.2 Å². The number of hydrogen-bond acceptors (Lipinski definition) is 4. The molecule has 1 aliphatic heterocycles. The van der Waals surface area contributed by atoms with Crippen LogP contribution in [0.5, 0.6) is 11.5 Å². The van der Waals surface area contributed by atoms with Gasteiger partial charge in [-0.05, 0) is 79.7 Å². The van der Waals surface area contributed by atoms with Crippen LogP contribution in [-0.4, -0.2) is 27.8 Å². The summed E-state index contributed by atoms with van der Waals surface area (Å²) in [6.07, 6.45) is 6.01. The van der Waals surface area contributed by atoms with E-state index in [9.17, 15) is 4.79 Å². The Morgan fingerprint density at radius 3 is 2.68 bits per heavy atom. The largest absolute Gasteiger partial charge is 0.454 e. The number of H-pyrrole nitrogens is 1. The molecule has 0 unspecified atom stereocenters. The molecule has 1 saturated carbocycles. The average Bonchev–Trinajstić information content (AvgIpc) is 3.28. The van der Waals surface area contributed by atoms with E-state index in [2.05, 4.69) is 34.3 Å². The lowest BCUT2D eigenvalue weighted by Gasteiger charge is -2.31. The van der Waals surface area contributed by atoms with Crippen molar-refractivity contribution in [2.45, 2.75) is 65.1 Å². The number of benzene rings is 2. The smallest absolute Gasteiger partial charge is 0.253 e. The number of aromatic amines is 1. The number of fused-ring (bicyclic) bond motifs is 2. The van der Waals surface area contributed by atoms with Gasteiger partial charge >= 0.3 is 0 Å². The zero-order valence-electron chi connectivity index (χ0n) is 19.8. The highest BCUT2D eigenvalue weighted by Gasteiger charge is 2.21. The molecule has 2 N–H and O–H groups in total. The Morgan fingerprint density at radius 2 is 1.85 bits per heavy atom. The molecule has 7 heteroatoms. The summed E-state index contributed by atoms with van der Waals surface area (Å²) in [6.45, 7) is 5.34. The third kappa shape index (κ3) is 4.89. The van der Waals surface area contributed by atoms with Crippen molar-refractivity contribution < 1.29 is 9.47 Å². The van der Waals surface area contributed by atoms with Crippen molar-refractivity contribution in [3.8, 4) is 11.5 Å². The van der Waals surface area contributed by atoms with Crippen molar-refractivity contribution in [2.24, 2.45) is 0 Å². The molecule has 1 aromatic heterocycles. The first-order valence-corrected chi connectivity index (χ1v) is 12.4. The van der Waals surface area contributed by atoms with Crippen LogP contribution >= 0.6 is 12.2 Å². The summed E-state index contributed by atoms with van der Waals surface area (Å²) >= 11 is 5.88. The number of aryl methyl sites for hydroxylation is 2. The molecule has 0 radical (unpaired) electrons. The molecule has 0 amide bonds. The van der Waals surface area contributed by atoms with E-state index >= 15 is 0 Å². The van der Waals surface area contributed by atoms with Gasteiger partial charge in [-0.1, -0.05) is 37.0 Å². The van der Waals surface area contributed by atoms with Crippen LogP contribution in [-0.2, 0) is 13.1 Å². The maximum Gasteiger partial charge on any atom is 0.253 e. The van der Waals surface area contributed by atoms with Crippen LogP contribution in [0.3, 0.4) is 0 Å². The van der Waals surface area contributed by atoms with Gasteiger partial charge in [0, 0.05) is 18.2 Å². The Labute approximate surface area is 205 Å². The topological polar surface area (TPSA) is 66.6 Å². The van der Waals surface area contributed by atoms with Gasteiger partial charge in [-0.25, -0.2) is 0 Å². The van der Waals surface area contributed by atoms with E-state index in [0.29, 0.717) is 29.8 Å². The molecule has 1 fully saturated rings. The lowest BCUT2D eigenvalue weighted by Crippen LogP contribution is -2.45. The van der Waals surface area contributed by atoms with Crippen LogP contribution < -0.4 is 20.3 Å². The van der Waals surface area contributed by atoms with Gasteiger partial charge in [0.2, 0.25) is 6.79 Å². The second kappa shape index (κ2) is 9.66. The molecule has 0 atom stereocenters. The van der Waals surface area contributed by atoms with Crippen molar-refractivity contribution in [3.05, 3.63) is 69.0 Å². The molecule has 0 spiro atoms. The molecule has 0 saturated heterocycles. The van der Waals surface area contributed by atoms with Gasteiger partial charge in [0.1, 0.15) is 0 Å². The van der Waals surface area contributed by atoms with Gasteiger partial charge in [0.05, 0.1) is 12.1 Å². The molecule has 3 aromatic rings. The molecule has 2 aliphatic rings. The zero-order chi connectivity index (χ0) is 23.7. The normalized spacial score (nSPS) is 15.5. The third-order valence-corrected chi connectivity index (χ3v) is 7.14. The van der Waals surface area contributed by atoms with E-state index in [-0.39, 0.29) is 12.4 Å². The summed E-state index contributed by atoms with van der Waals surface area (Å²) in [4.78, 5) is 18.2. The molecule has 5 rings (SSSR count). The second-order valence-electron chi connectivity index (χ2n) is 9.50. The summed E-state index contributed by atoms with van der Waals surface area (Å²) in [5.41, 5.74) is 4.83. The summed E-state index contributed by atoms with van der Waals surface area (Å²) < 4.78 is 11.0. The predicted molar refractivity (Wildman–Crippen MR) is 138 cm³/mol. The highest BCUT2D eigenvalue weighted by molar-refractivity contribution is 7.80. The van der Waals surface area contributed by atoms with Crippen molar-refractivity contribution in [1.29, 1.82) is 0 Å². The van der Waals surface area contributed by atoms with Crippen molar-refractivity contribution in [3.63, 3.8) is 0 Å². The highest BCUT2D eigenvalue weighted by atomic mass is 32.1. The first kappa shape index (κ1) is 22.7. The van der Waals surface area contributed by atoms with Gasteiger partial charge in [-0.2, -0.15) is 0 Å². The number of nitrogens with zero attached hydrogens (tertiary/aromatic N) is 1. The minimum atomic E-state index is -0.0735. The fraction of sp³-hybridized carbons (Fsp3) is 0.407. The molecular weight excluding hydrogens is 446 g/mol. The SMILES string of the molecule is Cc1cc(C)c2[nH]c(=O)c(CN(Cc3ccc4c(c3)OCO4)C(=S)NC3CCCCC3)cc2c1. The minimum Gasteiger partial charge on any atom is -0.454 e. The van der Waals surface area contributed by atoms with E-state index in [4.69, 9.17) is 21.7 Å². The summed E-state index contributed by atoms with van der Waals surface area (Å²) in [5.74, 6) is 1.51.